The maximum atomic E-state index is 5.73. The second-order valence-electron chi connectivity index (χ2n) is 3.89. The third kappa shape index (κ3) is 4.61. The van der Waals surface area contributed by atoms with Crippen molar-refractivity contribution in [3.63, 3.8) is 0 Å². The summed E-state index contributed by atoms with van der Waals surface area (Å²) in [5.41, 5.74) is -0.332. The number of rotatable bonds is 6. The summed E-state index contributed by atoms with van der Waals surface area (Å²) in [7, 11) is 0.895. The molecule has 15 heavy (non-hydrogen) atoms. The summed E-state index contributed by atoms with van der Waals surface area (Å²) in [6.07, 6.45) is 0. The molecule has 0 aromatic rings. The predicted molar refractivity (Wildman–Crippen MR) is 63.2 cm³/mol. The highest BCUT2D eigenvalue weighted by Gasteiger charge is 2.28. The van der Waals surface area contributed by atoms with E-state index >= 15 is 0 Å². The molecule has 1 aliphatic rings. The Morgan fingerprint density at radius 1 is 1.20 bits per heavy atom. The van der Waals surface area contributed by atoms with E-state index in [0.717, 1.165) is 43.1 Å². The van der Waals surface area contributed by atoms with Gasteiger partial charge in [-0.3, -0.25) is 4.90 Å². The van der Waals surface area contributed by atoms with Crippen LogP contribution in [0.2, 0.25) is 0 Å². The zero-order valence-corrected chi connectivity index (χ0v) is 12.1. The lowest BCUT2D eigenvalue weighted by Gasteiger charge is -2.36. The van der Waals surface area contributed by atoms with Crippen LogP contribution < -0.4 is 0 Å². The predicted octanol–water partition coefficient (Wildman–Crippen LogP) is -0.589. The Balaban J connectivity index is 2.40. The molecule has 1 saturated heterocycles. The van der Waals surface area contributed by atoms with Gasteiger partial charge in [-0.2, -0.15) is 0 Å². The van der Waals surface area contributed by atoms with E-state index in [1.54, 1.807) is 0 Å². The zero-order valence-electron chi connectivity index (χ0n) is 10.1. The van der Waals surface area contributed by atoms with Crippen LogP contribution in [0, 0.1) is 0 Å². The molecule has 1 heterocycles. The molecule has 90 valence electrons. The van der Waals surface area contributed by atoms with Gasteiger partial charge in [0, 0.05) is 32.8 Å². The van der Waals surface area contributed by atoms with E-state index in [-0.39, 0.29) is 5.41 Å². The number of hydrogen-bond donors (Lipinski definition) is 0. The minimum Gasteiger partial charge on any atom is -0.379 e. The van der Waals surface area contributed by atoms with Gasteiger partial charge >= 0.3 is 0 Å². The van der Waals surface area contributed by atoms with Gasteiger partial charge in [-0.1, -0.05) is 0 Å². The number of morpholine rings is 1. The van der Waals surface area contributed by atoms with Crippen molar-refractivity contribution >= 4 is 10.2 Å². The Kier molecular flexibility index (Phi) is 5.77. The van der Waals surface area contributed by atoms with Crippen molar-refractivity contribution in [1.29, 1.82) is 0 Å². The fourth-order valence-electron chi connectivity index (χ4n) is 1.91. The second-order valence-corrected chi connectivity index (χ2v) is 5.41. The summed E-state index contributed by atoms with van der Waals surface area (Å²) in [5, 5.41) is 0. The van der Waals surface area contributed by atoms with Crippen LogP contribution >= 0.6 is 0 Å². The molecule has 0 N–H and O–H groups in total. The molecule has 0 aliphatic carbocycles. The summed E-state index contributed by atoms with van der Waals surface area (Å²) in [6, 6.07) is 0. The summed E-state index contributed by atoms with van der Waals surface area (Å²) >= 11 is 0. The molecule has 5 heteroatoms. The summed E-state index contributed by atoms with van der Waals surface area (Å²) < 4.78 is 16.8. The highest BCUT2D eigenvalue weighted by molar-refractivity contribution is 6.13. The first-order valence-electron chi connectivity index (χ1n) is 5.78. The van der Waals surface area contributed by atoms with Crippen molar-refractivity contribution in [2.45, 2.75) is 19.3 Å². The average Bonchev–Trinajstić information content (AvgIpc) is 2.19. The molecule has 1 rings (SSSR count). The van der Waals surface area contributed by atoms with Crippen LogP contribution in [0.15, 0.2) is 0 Å². The quantitative estimate of drug-likeness (QED) is 0.453. The van der Waals surface area contributed by atoms with Gasteiger partial charge in [0.25, 0.3) is 0 Å². The van der Waals surface area contributed by atoms with E-state index in [1.165, 1.54) is 0 Å². The van der Waals surface area contributed by atoms with Gasteiger partial charge in [0.2, 0.25) is 0 Å². The normalized spacial score (nSPS) is 19.6. The Bertz CT molecular complexity index is 168. The first kappa shape index (κ1) is 13.1. The summed E-state index contributed by atoms with van der Waals surface area (Å²) in [4.78, 5) is 2.36. The molecule has 1 fully saturated rings. The maximum absolute atomic E-state index is 5.73. The molecule has 0 saturated carbocycles. The molecule has 0 spiro atoms. The lowest BCUT2D eigenvalue weighted by molar-refractivity contribution is -0.187. The molecule has 0 atom stereocenters. The topological polar surface area (TPSA) is 30.9 Å². The molecule has 0 unspecified atom stereocenters. The number of hydrogen-bond acceptors (Lipinski definition) is 4. The molecular weight excluding hydrogens is 210 g/mol. The van der Waals surface area contributed by atoms with Crippen molar-refractivity contribution in [2.24, 2.45) is 0 Å². The molecule has 0 amide bonds. The highest BCUT2D eigenvalue weighted by atomic mass is 28.1. The number of nitrogens with zero attached hydrogens (tertiary/aromatic N) is 1. The minimum absolute atomic E-state index is 0.332. The van der Waals surface area contributed by atoms with Crippen molar-refractivity contribution in [3.8, 4) is 0 Å². The van der Waals surface area contributed by atoms with Gasteiger partial charge in [-0.05, 0) is 13.8 Å². The van der Waals surface area contributed by atoms with Crippen LogP contribution in [0.5, 0.6) is 0 Å². The SMILES string of the molecule is CCOC([SiH3])(CN1CCOCC1)OCC. The van der Waals surface area contributed by atoms with E-state index in [9.17, 15) is 0 Å². The van der Waals surface area contributed by atoms with E-state index in [0.29, 0.717) is 13.2 Å². The first-order valence-corrected chi connectivity index (χ1v) is 6.78. The smallest absolute Gasteiger partial charge is 0.153 e. The second kappa shape index (κ2) is 6.60. The van der Waals surface area contributed by atoms with Crippen LogP contribution in [0.3, 0.4) is 0 Å². The molecule has 0 bridgehead atoms. The number of ether oxygens (including phenoxy) is 3. The van der Waals surface area contributed by atoms with E-state index in [2.05, 4.69) is 4.90 Å². The third-order valence-electron chi connectivity index (χ3n) is 2.51. The summed E-state index contributed by atoms with van der Waals surface area (Å²) in [6.45, 7) is 9.99. The van der Waals surface area contributed by atoms with Crippen molar-refractivity contribution < 1.29 is 14.2 Å². The highest BCUT2D eigenvalue weighted by Crippen LogP contribution is 2.12. The lowest BCUT2D eigenvalue weighted by atomic mass is 10.4. The Morgan fingerprint density at radius 3 is 2.20 bits per heavy atom. The lowest BCUT2D eigenvalue weighted by Crippen LogP contribution is -2.51. The zero-order chi connectivity index (χ0) is 11.1. The average molecular weight is 233 g/mol. The van der Waals surface area contributed by atoms with Crippen LogP contribution in [-0.4, -0.2) is 66.6 Å². The van der Waals surface area contributed by atoms with Gasteiger partial charge in [0.15, 0.2) is 5.41 Å². The minimum atomic E-state index is -0.332. The van der Waals surface area contributed by atoms with Gasteiger partial charge in [-0.25, -0.2) is 0 Å². The molecule has 0 aromatic heterocycles. The van der Waals surface area contributed by atoms with Gasteiger partial charge < -0.3 is 14.2 Å². The Labute approximate surface area is 95.3 Å². The van der Waals surface area contributed by atoms with E-state index in [4.69, 9.17) is 14.2 Å². The molecule has 1 aliphatic heterocycles. The van der Waals surface area contributed by atoms with Gasteiger partial charge in [0.05, 0.1) is 23.5 Å². The van der Waals surface area contributed by atoms with Crippen molar-refractivity contribution in [1.82, 2.24) is 4.90 Å². The standard InChI is InChI=1S/C10H23NO3Si/c1-3-13-10(15,14-4-2)9-11-5-7-12-8-6-11/h3-9H2,1-2,15H3. The van der Waals surface area contributed by atoms with Crippen molar-refractivity contribution in [2.75, 3.05) is 46.1 Å². The first-order chi connectivity index (χ1) is 7.20. The largest absolute Gasteiger partial charge is 0.379 e. The van der Waals surface area contributed by atoms with E-state index in [1.807, 2.05) is 13.8 Å². The van der Waals surface area contributed by atoms with Crippen LogP contribution in [0.4, 0.5) is 0 Å². The third-order valence-corrected chi connectivity index (χ3v) is 3.41. The van der Waals surface area contributed by atoms with Crippen LogP contribution in [-0.2, 0) is 14.2 Å². The monoisotopic (exact) mass is 233 g/mol. The van der Waals surface area contributed by atoms with Gasteiger partial charge in [-0.15, -0.1) is 0 Å². The summed E-state index contributed by atoms with van der Waals surface area (Å²) in [5.74, 6) is 0. The molecule has 0 aromatic carbocycles. The fraction of sp³-hybridized carbons (Fsp3) is 1.00. The van der Waals surface area contributed by atoms with E-state index < -0.39 is 0 Å². The van der Waals surface area contributed by atoms with Crippen LogP contribution in [0.25, 0.3) is 0 Å². The van der Waals surface area contributed by atoms with Crippen molar-refractivity contribution in [3.05, 3.63) is 0 Å². The maximum Gasteiger partial charge on any atom is 0.153 e. The molecule has 4 nitrogen and oxygen atoms in total. The van der Waals surface area contributed by atoms with Gasteiger partial charge in [0.1, 0.15) is 0 Å². The Hall–Kier alpha value is 0.0569. The molecular formula is C10H23NO3Si. The molecule has 0 radical (unpaired) electrons. The van der Waals surface area contributed by atoms with Crippen LogP contribution in [0.1, 0.15) is 13.8 Å². The fourth-order valence-corrected chi connectivity index (χ4v) is 2.93. The Morgan fingerprint density at radius 2 is 1.73 bits per heavy atom.